The van der Waals surface area contributed by atoms with Crippen LogP contribution in [0.4, 0.5) is 0 Å². The lowest BCUT2D eigenvalue weighted by molar-refractivity contribution is -0.139. The monoisotopic (exact) mass is 188 g/mol. The van der Waals surface area contributed by atoms with Gasteiger partial charge in [-0.25, -0.2) is 0 Å². The highest BCUT2D eigenvalue weighted by atomic mass is 28.3. The summed E-state index contributed by atoms with van der Waals surface area (Å²) in [6.45, 7) is 7.62. The lowest BCUT2D eigenvalue weighted by Gasteiger charge is -2.09. The predicted molar refractivity (Wildman–Crippen MR) is 47.5 cm³/mol. The maximum atomic E-state index is 11.1. The van der Waals surface area contributed by atoms with E-state index >= 15 is 0 Å². The largest absolute Gasteiger partial charge is 0.523 e. The first-order chi connectivity index (χ1) is 5.57. The van der Waals surface area contributed by atoms with Crippen molar-refractivity contribution in [2.45, 2.75) is 40.2 Å². The highest BCUT2D eigenvalue weighted by Gasteiger charge is 2.12. The number of carbonyl (C=O) groups excluding carboxylic acids is 1. The molecule has 0 aromatic rings. The van der Waals surface area contributed by atoms with Crippen molar-refractivity contribution in [3.63, 3.8) is 0 Å². The zero-order chi connectivity index (χ0) is 9.56. The van der Waals surface area contributed by atoms with E-state index < -0.39 is 0 Å². The maximum Gasteiger partial charge on any atom is 0.523 e. The third-order valence-electron chi connectivity index (χ3n) is 1.44. The molecule has 70 valence electrons. The van der Waals surface area contributed by atoms with Gasteiger partial charge in [-0.2, -0.15) is 0 Å². The van der Waals surface area contributed by atoms with Gasteiger partial charge in [0, 0.05) is 6.10 Å². The van der Waals surface area contributed by atoms with Crippen LogP contribution in [0.3, 0.4) is 0 Å². The second-order valence-corrected chi connectivity index (χ2v) is 3.59. The SMILES string of the molecule is CCC(C)C(=O)O[Si]OC(C)C. The molecule has 0 bridgehead atoms. The number of hydrogen-bond acceptors (Lipinski definition) is 3. The third-order valence-corrected chi connectivity index (χ3v) is 2.29. The zero-order valence-corrected chi connectivity index (χ0v) is 9.09. The van der Waals surface area contributed by atoms with Crippen molar-refractivity contribution in [2.24, 2.45) is 5.92 Å². The van der Waals surface area contributed by atoms with E-state index in [1.807, 2.05) is 27.7 Å². The Morgan fingerprint density at radius 1 is 1.42 bits per heavy atom. The van der Waals surface area contributed by atoms with Crippen molar-refractivity contribution in [1.82, 2.24) is 0 Å². The first-order valence-corrected chi connectivity index (χ1v) is 5.00. The van der Waals surface area contributed by atoms with Gasteiger partial charge in [0.05, 0.1) is 5.92 Å². The molecule has 0 saturated heterocycles. The van der Waals surface area contributed by atoms with Gasteiger partial charge in [-0.05, 0) is 20.3 Å². The summed E-state index contributed by atoms with van der Waals surface area (Å²) in [4.78, 5) is 11.1. The minimum atomic E-state index is -0.170. The maximum absolute atomic E-state index is 11.1. The summed E-state index contributed by atoms with van der Waals surface area (Å²) in [6.07, 6.45) is 0.929. The number of carbonyl (C=O) groups is 1. The van der Waals surface area contributed by atoms with Gasteiger partial charge in [0.25, 0.3) is 5.97 Å². The molecule has 0 amide bonds. The van der Waals surface area contributed by atoms with Crippen molar-refractivity contribution >= 4 is 16.0 Å². The molecule has 0 N–H and O–H groups in total. The lowest BCUT2D eigenvalue weighted by atomic mass is 10.1. The van der Waals surface area contributed by atoms with Gasteiger partial charge in [-0.1, -0.05) is 13.8 Å². The Morgan fingerprint density at radius 3 is 2.42 bits per heavy atom. The van der Waals surface area contributed by atoms with Crippen LogP contribution in [0, 0.1) is 5.92 Å². The van der Waals surface area contributed by atoms with Gasteiger partial charge in [-0.15, -0.1) is 0 Å². The number of rotatable bonds is 5. The summed E-state index contributed by atoms with van der Waals surface area (Å²) in [5, 5.41) is 0. The van der Waals surface area contributed by atoms with Crippen LogP contribution >= 0.6 is 0 Å². The van der Waals surface area contributed by atoms with Crippen molar-refractivity contribution in [2.75, 3.05) is 0 Å². The van der Waals surface area contributed by atoms with E-state index in [4.69, 9.17) is 8.85 Å². The Labute approximate surface area is 76.5 Å². The second-order valence-electron chi connectivity index (χ2n) is 2.98. The molecule has 0 aromatic heterocycles. The predicted octanol–water partition coefficient (Wildman–Crippen LogP) is 1.53. The van der Waals surface area contributed by atoms with Gasteiger partial charge in [0.1, 0.15) is 0 Å². The molecular formula is C8H16O3Si. The Kier molecular flexibility index (Phi) is 6.01. The number of hydrogen-bond donors (Lipinski definition) is 0. The topological polar surface area (TPSA) is 35.5 Å². The molecule has 0 spiro atoms. The van der Waals surface area contributed by atoms with Gasteiger partial charge in [0.2, 0.25) is 0 Å². The summed E-state index contributed by atoms with van der Waals surface area (Å²) < 4.78 is 9.96. The standard InChI is InChI=1S/C8H16O3Si/c1-5-7(4)8(9)11-12-10-6(2)3/h6-7H,5H2,1-4H3. The fourth-order valence-electron chi connectivity index (χ4n) is 0.429. The van der Waals surface area contributed by atoms with E-state index in [2.05, 4.69) is 0 Å². The molecule has 0 heterocycles. The molecule has 1 atom stereocenters. The van der Waals surface area contributed by atoms with Crippen LogP contribution in [0.15, 0.2) is 0 Å². The lowest BCUT2D eigenvalue weighted by Crippen LogP contribution is -2.20. The Balaban J connectivity index is 3.44. The Morgan fingerprint density at radius 2 is 2.00 bits per heavy atom. The molecule has 0 aliphatic rings. The van der Waals surface area contributed by atoms with Crippen LogP contribution in [0.25, 0.3) is 0 Å². The van der Waals surface area contributed by atoms with Gasteiger partial charge in [0.15, 0.2) is 0 Å². The van der Waals surface area contributed by atoms with Crippen LogP contribution in [0.2, 0.25) is 0 Å². The molecule has 2 radical (unpaired) electrons. The summed E-state index contributed by atoms with van der Waals surface area (Å²) in [5.74, 6) is -0.190. The minimum absolute atomic E-state index is 0.0201. The zero-order valence-electron chi connectivity index (χ0n) is 8.09. The van der Waals surface area contributed by atoms with E-state index in [-0.39, 0.29) is 28.0 Å². The summed E-state index contributed by atoms with van der Waals surface area (Å²) in [5.41, 5.74) is 0. The van der Waals surface area contributed by atoms with E-state index in [0.717, 1.165) is 6.42 Å². The molecule has 1 unspecified atom stereocenters. The van der Waals surface area contributed by atoms with Crippen molar-refractivity contribution in [1.29, 1.82) is 0 Å². The summed E-state index contributed by atoms with van der Waals surface area (Å²) >= 11 is 0. The molecule has 0 aliphatic carbocycles. The fourth-order valence-corrected chi connectivity index (χ4v) is 0.952. The molecule has 4 heteroatoms. The average Bonchev–Trinajstić information content (AvgIpc) is 2.02. The molecule has 0 saturated carbocycles. The fraction of sp³-hybridized carbons (Fsp3) is 0.875. The van der Waals surface area contributed by atoms with E-state index in [9.17, 15) is 4.79 Å². The Bertz CT molecular complexity index is 136. The summed E-state index contributed by atoms with van der Waals surface area (Å²) in [6, 6.07) is 0. The molecule has 0 aliphatic heterocycles. The minimum Gasteiger partial charge on any atom is -0.490 e. The van der Waals surface area contributed by atoms with Crippen molar-refractivity contribution in [3.8, 4) is 0 Å². The first kappa shape index (κ1) is 11.6. The molecule has 3 nitrogen and oxygen atoms in total. The smallest absolute Gasteiger partial charge is 0.490 e. The average molecular weight is 188 g/mol. The van der Waals surface area contributed by atoms with Crippen LogP contribution < -0.4 is 0 Å². The van der Waals surface area contributed by atoms with Crippen molar-refractivity contribution < 1.29 is 13.6 Å². The normalized spacial score (nSPS) is 13.1. The molecule has 0 aromatic carbocycles. The van der Waals surface area contributed by atoms with Gasteiger partial charge < -0.3 is 8.85 Å². The van der Waals surface area contributed by atoms with E-state index in [0.29, 0.717) is 0 Å². The first-order valence-electron chi connectivity index (χ1n) is 4.19. The van der Waals surface area contributed by atoms with Gasteiger partial charge in [-0.3, -0.25) is 4.79 Å². The van der Waals surface area contributed by atoms with Crippen LogP contribution in [0.1, 0.15) is 34.1 Å². The molecular weight excluding hydrogens is 172 g/mol. The molecule has 12 heavy (non-hydrogen) atoms. The van der Waals surface area contributed by atoms with E-state index in [1.54, 1.807) is 0 Å². The molecule has 0 rings (SSSR count). The Hall–Kier alpha value is -0.353. The molecule has 0 fully saturated rings. The second kappa shape index (κ2) is 6.19. The third kappa shape index (κ3) is 5.32. The van der Waals surface area contributed by atoms with Crippen LogP contribution in [0.5, 0.6) is 0 Å². The van der Waals surface area contributed by atoms with Crippen LogP contribution in [-0.4, -0.2) is 22.1 Å². The van der Waals surface area contributed by atoms with Gasteiger partial charge >= 0.3 is 10.0 Å². The highest BCUT2D eigenvalue weighted by Crippen LogP contribution is 2.02. The highest BCUT2D eigenvalue weighted by molar-refractivity contribution is 6.22. The van der Waals surface area contributed by atoms with E-state index in [1.165, 1.54) is 0 Å². The quantitative estimate of drug-likeness (QED) is 0.614. The van der Waals surface area contributed by atoms with Crippen LogP contribution in [-0.2, 0) is 13.6 Å². The summed E-state index contributed by atoms with van der Waals surface area (Å²) in [7, 11) is -0.161. The van der Waals surface area contributed by atoms with Crippen molar-refractivity contribution in [3.05, 3.63) is 0 Å².